The number of rotatable bonds is 7. The molecule has 0 saturated carbocycles. The Kier molecular flexibility index (Phi) is 6.81. The molecule has 0 spiro atoms. The lowest BCUT2D eigenvalue weighted by atomic mass is 9.97. The number of carbonyl (C=O) groups excluding carboxylic acids is 1. The summed E-state index contributed by atoms with van der Waals surface area (Å²) in [5, 5.41) is 5.95. The van der Waals surface area contributed by atoms with Gasteiger partial charge >= 0.3 is 0 Å². The van der Waals surface area contributed by atoms with E-state index in [4.69, 9.17) is 11.6 Å². The van der Waals surface area contributed by atoms with Crippen LogP contribution in [-0.2, 0) is 6.54 Å². The Morgan fingerprint density at radius 2 is 1.90 bits per heavy atom. The van der Waals surface area contributed by atoms with E-state index in [0.717, 1.165) is 39.5 Å². The number of halogens is 1. The van der Waals surface area contributed by atoms with Crippen LogP contribution in [0.3, 0.4) is 0 Å². The highest BCUT2D eigenvalue weighted by Crippen LogP contribution is 2.27. The lowest BCUT2D eigenvalue weighted by Gasteiger charge is -2.39. The maximum atomic E-state index is 13.0. The van der Waals surface area contributed by atoms with Gasteiger partial charge in [-0.2, -0.15) is 0 Å². The van der Waals surface area contributed by atoms with Crippen molar-refractivity contribution < 1.29 is 4.79 Å². The van der Waals surface area contributed by atoms with Gasteiger partial charge in [0.25, 0.3) is 5.91 Å². The second-order valence-corrected chi connectivity index (χ2v) is 9.77. The summed E-state index contributed by atoms with van der Waals surface area (Å²) in [6.07, 6.45) is 4.88. The zero-order valence-electron chi connectivity index (χ0n) is 17.7. The molecule has 1 N–H and O–H groups in total. The summed E-state index contributed by atoms with van der Waals surface area (Å²) in [4.78, 5) is 15.6. The van der Waals surface area contributed by atoms with E-state index in [9.17, 15) is 4.79 Å². The monoisotopic (exact) mass is 443 g/mol. The van der Waals surface area contributed by atoms with Gasteiger partial charge in [0.1, 0.15) is 5.69 Å². The van der Waals surface area contributed by atoms with Crippen LogP contribution in [0.5, 0.6) is 0 Å². The summed E-state index contributed by atoms with van der Waals surface area (Å²) in [6.45, 7) is 7.05. The number of carbonyl (C=O) groups is 1. The van der Waals surface area contributed by atoms with Gasteiger partial charge < -0.3 is 9.88 Å². The largest absolute Gasteiger partial charge is 0.351 e. The number of nitrogens with zero attached hydrogens (tertiary/aromatic N) is 2. The molecule has 0 bridgehead atoms. The fraction of sp³-hybridized carbons (Fsp3) is 0.458. The predicted octanol–water partition coefficient (Wildman–Crippen LogP) is 5.79. The smallest absolute Gasteiger partial charge is 0.267 e. The lowest BCUT2D eigenvalue weighted by molar-refractivity contribution is 0.0918. The van der Waals surface area contributed by atoms with Crippen molar-refractivity contribution in [2.24, 2.45) is 0 Å². The van der Waals surface area contributed by atoms with Crippen molar-refractivity contribution >= 4 is 39.1 Å². The van der Waals surface area contributed by atoms with Crippen molar-refractivity contribution in [3.63, 3.8) is 0 Å². The van der Waals surface area contributed by atoms with Crippen molar-refractivity contribution in [2.75, 3.05) is 13.1 Å². The summed E-state index contributed by atoms with van der Waals surface area (Å²) in [6, 6.07) is 13.2. The molecule has 4 nitrogen and oxygen atoms in total. The summed E-state index contributed by atoms with van der Waals surface area (Å²) in [5.74, 6) is 0.00658. The van der Waals surface area contributed by atoms with E-state index in [1.54, 1.807) is 11.3 Å². The van der Waals surface area contributed by atoms with Gasteiger partial charge in [0, 0.05) is 36.7 Å². The Morgan fingerprint density at radius 1 is 1.17 bits per heavy atom. The van der Waals surface area contributed by atoms with Crippen molar-refractivity contribution in [3.05, 3.63) is 58.1 Å². The fourth-order valence-corrected chi connectivity index (χ4v) is 5.53. The van der Waals surface area contributed by atoms with Crippen molar-refractivity contribution in [1.29, 1.82) is 0 Å². The van der Waals surface area contributed by atoms with Crippen LogP contribution in [0, 0.1) is 0 Å². The zero-order chi connectivity index (χ0) is 21.1. The molecule has 6 heteroatoms. The quantitative estimate of drug-likeness (QED) is 0.469. The van der Waals surface area contributed by atoms with Gasteiger partial charge in [-0.1, -0.05) is 30.2 Å². The Labute approximate surface area is 187 Å². The fourth-order valence-electron chi connectivity index (χ4n) is 4.58. The molecule has 0 aliphatic carbocycles. The molecule has 1 aliphatic heterocycles. The third-order valence-corrected chi connectivity index (χ3v) is 7.37. The molecule has 2 aromatic heterocycles. The predicted molar refractivity (Wildman–Crippen MR) is 127 cm³/mol. The zero-order valence-corrected chi connectivity index (χ0v) is 19.3. The number of thiophene rings is 1. The number of nitrogens with one attached hydrogen (secondary N) is 1. The highest BCUT2D eigenvalue weighted by Gasteiger charge is 2.24. The van der Waals surface area contributed by atoms with Crippen LogP contribution in [0.1, 0.15) is 55.6 Å². The third kappa shape index (κ3) is 4.74. The van der Waals surface area contributed by atoms with Crippen LogP contribution in [0.15, 0.2) is 41.8 Å². The van der Waals surface area contributed by atoms with Crippen molar-refractivity contribution in [2.45, 2.75) is 58.2 Å². The molecule has 1 saturated heterocycles. The van der Waals surface area contributed by atoms with E-state index in [-0.39, 0.29) is 5.91 Å². The van der Waals surface area contributed by atoms with Gasteiger partial charge in [-0.3, -0.25) is 9.69 Å². The van der Waals surface area contributed by atoms with Gasteiger partial charge in [-0.05, 0) is 68.3 Å². The summed E-state index contributed by atoms with van der Waals surface area (Å²) < 4.78 is 3.25. The van der Waals surface area contributed by atoms with E-state index in [1.165, 1.54) is 19.3 Å². The number of hydrogen-bond acceptors (Lipinski definition) is 3. The maximum absolute atomic E-state index is 13.0. The lowest BCUT2D eigenvalue weighted by Crippen LogP contribution is -2.44. The Balaban J connectivity index is 1.40. The molecular formula is C24H30ClN3OS. The van der Waals surface area contributed by atoms with Gasteiger partial charge in [0.2, 0.25) is 0 Å². The Hall–Kier alpha value is -1.82. The standard InChI is InChI=1S/C24H30ClN3OS/c1-17-5-3-6-18(2)27(17)13-4-12-26-24(29)22-15-23-21(11-14-30-23)28(22)16-19-7-9-20(25)10-8-19/h7-11,14-15,17-18H,3-6,12-13,16H2,1-2H3,(H,26,29)/t17-,18-/m0/s1. The molecule has 0 unspecified atom stereocenters. The molecule has 1 fully saturated rings. The van der Waals surface area contributed by atoms with Crippen LogP contribution in [-0.4, -0.2) is 40.5 Å². The number of piperidine rings is 1. The summed E-state index contributed by atoms with van der Waals surface area (Å²) in [5.41, 5.74) is 2.97. The maximum Gasteiger partial charge on any atom is 0.267 e. The van der Waals surface area contributed by atoms with Crippen LogP contribution >= 0.6 is 22.9 Å². The van der Waals surface area contributed by atoms with Gasteiger partial charge in [-0.25, -0.2) is 0 Å². The summed E-state index contributed by atoms with van der Waals surface area (Å²) >= 11 is 7.70. The van der Waals surface area contributed by atoms with Crippen LogP contribution in [0.25, 0.3) is 10.2 Å². The average Bonchev–Trinajstić information content (AvgIpc) is 3.31. The summed E-state index contributed by atoms with van der Waals surface area (Å²) in [7, 11) is 0. The van der Waals surface area contributed by atoms with E-state index in [0.29, 0.717) is 25.2 Å². The van der Waals surface area contributed by atoms with Gasteiger partial charge in [-0.15, -0.1) is 11.3 Å². The minimum atomic E-state index is 0.00658. The number of aromatic nitrogens is 1. The number of amides is 1. The molecule has 3 heterocycles. The first-order valence-corrected chi connectivity index (χ1v) is 12.1. The minimum absolute atomic E-state index is 0.00658. The Bertz CT molecular complexity index is 984. The van der Waals surface area contributed by atoms with Crippen LogP contribution in [0.2, 0.25) is 5.02 Å². The molecular weight excluding hydrogens is 414 g/mol. The first-order valence-electron chi connectivity index (χ1n) is 10.9. The van der Waals surface area contributed by atoms with Gasteiger partial charge in [0.05, 0.1) is 10.2 Å². The number of fused-ring (bicyclic) bond motifs is 1. The van der Waals surface area contributed by atoms with Crippen molar-refractivity contribution in [1.82, 2.24) is 14.8 Å². The molecule has 1 aliphatic rings. The molecule has 160 valence electrons. The van der Waals surface area contributed by atoms with E-state index in [2.05, 4.69) is 40.1 Å². The topological polar surface area (TPSA) is 37.3 Å². The molecule has 0 radical (unpaired) electrons. The molecule has 30 heavy (non-hydrogen) atoms. The third-order valence-electron chi connectivity index (χ3n) is 6.26. The SMILES string of the molecule is C[C@H]1CCC[C@H](C)N1CCCNC(=O)c1cc2sccc2n1Cc1ccc(Cl)cc1. The van der Waals surface area contributed by atoms with E-state index in [1.807, 2.05) is 30.3 Å². The van der Waals surface area contributed by atoms with Crippen LogP contribution in [0.4, 0.5) is 0 Å². The highest BCUT2D eigenvalue weighted by atomic mass is 35.5. The number of likely N-dealkylation sites (tertiary alicyclic amines) is 1. The minimum Gasteiger partial charge on any atom is -0.351 e. The van der Waals surface area contributed by atoms with Crippen LogP contribution < -0.4 is 5.32 Å². The number of hydrogen-bond donors (Lipinski definition) is 1. The van der Waals surface area contributed by atoms with E-state index < -0.39 is 0 Å². The second-order valence-electron chi connectivity index (χ2n) is 8.39. The highest BCUT2D eigenvalue weighted by molar-refractivity contribution is 7.17. The molecule has 4 rings (SSSR count). The van der Waals surface area contributed by atoms with E-state index >= 15 is 0 Å². The van der Waals surface area contributed by atoms with Gasteiger partial charge in [0.15, 0.2) is 0 Å². The molecule has 2 atom stereocenters. The molecule has 1 aromatic carbocycles. The first kappa shape index (κ1) is 21.4. The molecule has 3 aromatic rings. The average molecular weight is 444 g/mol. The molecule has 1 amide bonds. The second kappa shape index (κ2) is 9.54. The first-order chi connectivity index (χ1) is 14.5. The number of benzene rings is 1. The normalized spacial score (nSPS) is 20.0. The van der Waals surface area contributed by atoms with Crippen molar-refractivity contribution in [3.8, 4) is 0 Å². The Morgan fingerprint density at radius 3 is 2.63 bits per heavy atom.